The van der Waals surface area contributed by atoms with E-state index >= 15 is 0 Å². The van der Waals surface area contributed by atoms with E-state index in [0.29, 0.717) is 5.92 Å². The molecule has 0 unspecified atom stereocenters. The van der Waals surface area contributed by atoms with Gasteiger partial charge in [-0.05, 0) is 77.0 Å². The number of hydrogen-bond donors (Lipinski definition) is 2. The topological polar surface area (TPSA) is 79.4 Å². The molecule has 1 aliphatic carbocycles. The van der Waals surface area contributed by atoms with E-state index in [9.17, 15) is 4.79 Å². The number of nitrogens with one attached hydrogen (secondary N) is 2. The average Bonchev–Trinajstić information content (AvgIpc) is 2.72. The van der Waals surface area contributed by atoms with Crippen LogP contribution in [0.2, 0.25) is 0 Å². The average molecular weight is 432 g/mol. The van der Waals surface area contributed by atoms with Crippen molar-refractivity contribution >= 4 is 17.7 Å². The van der Waals surface area contributed by atoms with Gasteiger partial charge in [-0.15, -0.1) is 0 Å². The van der Waals surface area contributed by atoms with Crippen LogP contribution < -0.4 is 15.5 Å². The first-order valence-corrected chi connectivity index (χ1v) is 12.0. The molecule has 2 heterocycles. The maximum absolute atomic E-state index is 11.9. The molecule has 2 aliphatic rings. The fraction of sp³-hybridized carbons (Fsp3) is 0.792. The van der Waals surface area contributed by atoms with Crippen LogP contribution >= 0.6 is 0 Å². The summed E-state index contributed by atoms with van der Waals surface area (Å²) in [6.45, 7) is 13.3. The van der Waals surface area contributed by atoms with Gasteiger partial charge in [0.1, 0.15) is 5.60 Å². The zero-order valence-electron chi connectivity index (χ0n) is 20.0. The van der Waals surface area contributed by atoms with Crippen molar-refractivity contribution in [1.29, 1.82) is 0 Å². The normalized spacial score (nSPS) is 23.0. The number of aromatic nitrogens is 2. The predicted molar refractivity (Wildman–Crippen MR) is 125 cm³/mol. The molecule has 0 bridgehead atoms. The molecule has 174 valence electrons. The largest absolute Gasteiger partial charge is 0.444 e. The molecule has 3 rings (SSSR count). The maximum atomic E-state index is 11.9. The molecule has 1 aliphatic heterocycles. The second kappa shape index (κ2) is 10.5. The molecule has 1 amide bonds. The lowest BCUT2D eigenvalue weighted by atomic mass is 9.86. The highest BCUT2D eigenvalue weighted by Gasteiger charge is 2.25. The molecule has 7 nitrogen and oxygen atoms in total. The Morgan fingerprint density at radius 2 is 1.71 bits per heavy atom. The second-order valence-electron chi connectivity index (χ2n) is 10.6. The third kappa shape index (κ3) is 7.54. The van der Waals surface area contributed by atoms with E-state index in [1.165, 1.54) is 12.8 Å². The molecule has 31 heavy (non-hydrogen) atoms. The highest BCUT2D eigenvalue weighted by molar-refractivity contribution is 5.68. The standard InChI is InChI=1S/C24H41N5O2/c1-17(2)19-10-12-29(13-11-19)22-26-15-21(16-27-22)25-14-18-6-8-20(9-7-18)28-23(30)31-24(3,4)5/h15-20,25H,6-14H2,1-5H3,(H,28,30). The van der Waals surface area contributed by atoms with Gasteiger partial charge < -0.3 is 20.3 Å². The van der Waals surface area contributed by atoms with Gasteiger partial charge in [0.05, 0.1) is 18.1 Å². The van der Waals surface area contributed by atoms with Crippen LogP contribution in [0.4, 0.5) is 16.4 Å². The zero-order valence-corrected chi connectivity index (χ0v) is 20.0. The number of ether oxygens (including phenoxy) is 1. The Morgan fingerprint density at radius 1 is 1.10 bits per heavy atom. The van der Waals surface area contributed by atoms with Gasteiger partial charge >= 0.3 is 6.09 Å². The SMILES string of the molecule is CC(C)C1CCN(c2ncc(NCC3CCC(NC(=O)OC(C)(C)C)CC3)cn2)CC1. The summed E-state index contributed by atoms with van der Waals surface area (Å²) >= 11 is 0. The summed E-state index contributed by atoms with van der Waals surface area (Å²) in [6.07, 6.45) is 10.1. The molecule has 1 saturated carbocycles. The van der Waals surface area contributed by atoms with Crippen LogP contribution in [0.3, 0.4) is 0 Å². The van der Waals surface area contributed by atoms with Gasteiger partial charge in [0, 0.05) is 25.7 Å². The third-order valence-corrected chi connectivity index (χ3v) is 6.57. The Bertz CT molecular complexity index is 685. The number of anilines is 2. The van der Waals surface area contributed by atoms with Crippen LogP contribution in [0.15, 0.2) is 12.4 Å². The Labute approximate surface area is 187 Å². The highest BCUT2D eigenvalue weighted by atomic mass is 16.6. The van der Waals surface area contributed by atoms with Crippen molar-refractivity contribution in [2.24, 2.45) is 17.8 Å². The number of alkyl carbamates (subject to hydrolysis) is 1. The quantitative estimate of drug-likeness (QED) is 0.671. The van der Waals surface area contributed by atoms with Gasteiger partial charge in [-0.1, -0.05) is 13.8 Å². The van der Waals surface area contributed by atoms with E-state index in [-0.39, 0.29) is 12.1 Å². The minimum atomic E-state index is -0.451. The first kappa shape index (κ1) is 23.6. The number of hydrogen-bond acceptors (Lipinski definition) is 6. The zero-order chi connectivity index (χ0) is 22.4. The molecular formula is C24H41N5O2. The number of rotatable bonds is 6. The first-order valence-electron chi connectivity index (χ1n) is 12.0. The molecule has 2 N–H and O–H groups in total. The van der Waals surface area contributed by atoms with Crippen LogP contribution in [-0.2, 0) is 4.74 Å². The lowest BCUT2D eigenvalue weighted by molar-refractivity contribution is 0.0488. The number of piperidine rings is 1. The number of carbonyl (C=O) groups excluding carboxylic acids is 1. The van der Waals surface area contributed by atoms with Crippen LogP contribution in [0.5, 0.6) is 0 Å². The number of amides is 1. The first-order chi connectivity index (χ1) is 14.7. The molecule has 0 spiro atoms. The van der Waals surface area contributed by atoms with Crippen LogP contribution in [0.25, 0.3) is 0 Å². The Hall–Kier alpha value is -2.05. The summed E-state index contributed by atoms with van der Waals surface area (Å²) in [5.74, 6) is 3.04. The third-order valence-electron chi connectivity index (χ3n) is 6.57. The number of nitrogens with zero attached hydrogens (tertiary/aromatic N) is 3. The summed E-state index contributed by atoms with van der Waals surface area (Å²) < 4.78 is 5.36. The van der Waals surface area contributed by atoms with Crippen molar-refractivity contribution in [1.82, 2.24) is 15.3 Å². The fourth-order valence-electron chi connectivity index (χ4n) is 4.59. The van der Waals surface area contributed by atoms with Crippen molar-refractivity contribution in [3.8, 4) is 0 Å². The van der Waals surface area contributed by atoms with E-state index < -0.39 is 5.60 Å². The lowest BCUT2D eigenvalue weighted by Gasteiger charge is -2.33. The van der Waals surface area contributed by atoms with Crippen LogP contribution in [0, 0.1) is 17.8 Å². The second-order valence-corrected chi connectivity index (χ2v) is 10.6. The van der Waals surface area contributed by atoms with E-state index in [1.807, 2.05) is 33.2 Å². The lowest BCUT2D eigenvalue weighted by Crippen LogP contribution is -2.41. The Kier molecular flexibility index (Phi) is 8.00. The Balaban J connectivity index is 1.36. The van der Waals surface area contributed by atoms with Gasteiger partial charge in [-0.25, -0.2) is 14.8 Å². The van der Waals surface area contributed by atoms with E-state index in [0.717, 1.165) is 68.8 Å². The van der Waals surface area contributed by atoms with Gasteiger partial charge in [-0.3, -0.25) is 0 Å². The molecule has 0 aromatic carbocycles. The summed E-state index contributed by atoms with van der Waals surface area (Å²) in [4.78, 5) is 23.5. The smallest absolute Gasteiger partial charge is 0.407 e. The van der Waals surface area contributed by atoms with Crippen LogP contribution in [0.1, 0.15) is 73.1 Å². The van der Waals surface area contributed by atoms with Gasteiger partial charge in [0.25, 0.3) is 0 Å². The Morgan fingerprint density at radius 3 is 2.26 bits per heavy atom. The summed E-state index contributed by atoms with van der Waals surface area (Å²) in [6, 6.07) is 0.216. The predicted octanol–water partition coefficient (Wildman–Crippen LogP) is 4.84. The minimum Gasteiger partial charge on any atom is -0.444 e. The monoisotopic (exact) mass is 431 g/mol. The molecule has 1 aromatic heterocycles. The molecule has 2 fully saturated rings. The van der Waals surface area contributed by atoms with E-state index in [1.54, 1.807) is 0 Å². The van der Waals surface area contributed by atoms with Gasteiger partial charge in [0.2, 0.25) is 5.95 Å². The van der Waals surface area contributed by atoms with E-state index in [4.69, 9.17) is 4.74 Å². The number of carbonyl (C=O) groups is 1. The van der Waals surface area contributed by atoms with Crippen LogP contribution in [-0.4, -0.2) is 47.3 Å². The van der Waals surface area contributed by atoms with Gasteiger partial charge in [-0.2, -0.15) is 0 Å². The highest BCUT2D eigenvalue weighted by Crippen LogP contribution is 2.27. The van der Waals surface area contributed by atoms with Gasteiger partial charge in [0.15, 0.2) is 0 Å². The molecule has 0 atom stereocenters. The fourth-order valence-corrected chi connectivity index (χ4v) is 4.59. The summed E-state index contributed by atoms with van der Waals surface area (Å²) in [7, 11) is 0. The molecule has 1 saturated heterocycles. The summed E-state index contributed by atoms with van der Waals surface area (Å²) in [5.41, 5.74) is 0.530. The maximum Gasteiger partial charge on any atom is 0.407 e. The molecule has 1 aromatic rings. The van der Waals surface area contributed by atoms with Crippen molar-refractivity contribution in [2.75, 3.05) is 29.9 Å². The molecular weight excluding hydrogens is 390 g/mol. The minimum absolute atomic E-state index is 0.216. The van der Waals surface area contributed by atoms with Crippen molar-refractivity contribution in [3.63, 3.8) is 0 Å². The molecule has 7 heteroatoms. The van der Waals surface area contributed by atoms with Crippen molar-refractivity contribution in [3.05, 3.63) is 12.4 Å². The van der Waals surface area contributed by atoms with E-state index in [2.05, 4.69) is 39.3 Å². The van der Waals surface area contributed by atoms with Crippen molar-refractivity contribution in [2.45, 2.75) is 84.8 Å². The summed E-state index contributed by atoms with van der Waals surface area (Å²) in [5, 5.41) is 6.51. The molecule has 0 radical (unpaired) electrons. The van der Waals surface area contributed by atoms with Crippen molar-refractivity contribution < 1.29 is 9.53 Å².